The van der Waals surface area contributed by atoms with E-state index in [1.54, 1.807) is 24.4 Å². The third-order valence-electron chi connectivity index (χ3n) is 5.78. The minimum atomic E-state index is -0.313. The largest absolute Gasteiger partial charge is 0.382 e. The van der Waals surface area contributed by atoms with Crippen LogP contribution in [0.1, 0.15) is 47.1 Å². The van der Waals surface area contributed by atoms with Crippen LogP contribution in [0.3, 0.4) is 0 Å². The number of rotatable bonds is 4. The first-order valence-corrected chi connectivity index (χ1v) is 10.8. The monoisotopic (exact) mass is 438 g/mol. The Labute approximate surface area is 190 Å². The van der Waals surface area contributed by atoms with E-state index in [1.165, 1.54) is 12.3 Å². The van der Waals surface area contributed by atoms with Gasteiger partial charge >= 0.3 is 0 Å². The molecule has 4 N–H and O–H groups in total. The van der Waals surface area contributed by atoms with Crippen LogP contribution in [0.5, 0.6) is 0 Å². The first-order valence-electron chi connectivity index (χ1n) is 10.8. The van der Waals surface area contributed by atoms with Crippen molar-refractivity contribution in [1.82, 2.24) is 24.7 Å². The summed E-state index contributed by atoms with van der Waals surface area (Å²) in [5.74, 6) is 1.34. The van der Waals surface area contributed by atoms with Crippen molar-refractivity contribution in [2.24, 2.45) is 0 Å². The molecule has 4 aromatic rings. The van der Waals surface area contributed by atoms with E-state index in [4.69, 9.17) is 16.0 Å². The summed E-state index contributed by atoms with van der Waals surface area (Å²) in [6.07, 6.45) is 8.38. The molecule has 0 aliphatic carbocycles. The number of hydrogen-bond acceptors (Lipinski definition) is 7. The Morgan fingerprint density at radius 3 is 2.79 bits per heavy atom. The maximum atomic E-state index is 12.6. The fraction of sp³-hybridized carbons (Fsp3) is 0.208. The number of anilines is 2. The van der Waals surface area contributed by atoms with Crippen LogP contribution < -0.4 is 16.4 Å². The van der Waals surface area contributed by atoms with Crippen LogP contribution >= 0.6 is 0 Å². The zero-order chi connectivity index (χ0) is 22.8. The van der Waals surface area contributed by atoms with Gasteiger partial charge in [0.1, 0.15) is 28.7 Å². The van der Waals surface area contributed by atoms with Crippen molar-refractivity contribution in [3.05, 3.63) is 71.9 Å². The average Bonchev–Trinajstić information content (AvgIpc) is 3.26. The number of nitrogens with zero attached hydrogens (tertiary/aromatic N) is 5. The summed E-state index contributed by atoms with van der Waals surface area (Å²) < 4.78 is 2.01. The van der Waals surface area contributed by atoms with Crippen molar-refractivity contribution >= 4 is 23.1 Å². The van der Waals surface area contributed by atoms with Crippen LogP contribution in [0.25, 0.3) is 16.8 Å². The summed E-state index contributed by atoms with van der Waals surface area (Å²) in [7, 11) is 0. The lowest BCUT2D eigenvalue weighted by Crippen LogP contribution is -2.28. The Morgan fingerprint density at radius 1 is 1.18 bits per heavy atom. The predicted octanol–water partition coefficient (Wildman–Crippen LogP) is 3.31. The van der Waals surface area contributed by atoms with Crippen molar-refractivity contribution in [3.8, 4) is 17.3 Å². The number of hydrogen-bond donors (Lipinski definition) is 3. The normalized spacial score (nSPS) is 15.8. The molecule has 164 valence electrons. The number of aromatic nitrogens is 4. The molecule has 0 spiro atoms. The second-order valence-electron chi connectivity index (χ2n) is 7.93. The molecule has 9 nitrogen and oxygen atoms in total. The van der Waals surface area contributed by atoms with Gasteiger partial charge in [0.15, 0.2) is 0 Å². The molecule has 33 heavy (non-hydrogen) atoms. The molecule has 1 unspecified atom stereocenters. The number of amides is 1. The quantitative estimate of drug-likeness (QED) is 0.445. The first kappa shape index (κ1) is 20.6. The van der Waals surface area contributed by atoms with Gasteiger partial charge in [-0.2, -0.15) is 5.26 Å². The van der Waals surface area contributed by atoms with Gasteiger partial charge in [-0.25, -0.2) is 15.0 Å². The van der Waals surface area contributed by atoms with E-state index in [-0.39, 0.29) is 11.9 Å². The highest BCUT2D eigenvalue weighted by Gasteiger charge is 2.23. The van der Waals surface area contributed by atoms with Gasteiger partial charge in [-0.3, -0.25) is 9.20 Å². The molecule has 1 saturated heterocycles. The van der Waals surface area contributed by atoms with E-state index >= 15 is 0 Å². The molecule has 1 fully saturated rings. The molecule has 0 radical (unpaired) electrons. The molecule has 1 aliphatic heterocycles. The van der Waals surface area contributed by atoms with Crippen molar-refractivity contribution < 1.29 is 4.79 Å². The number of fused-ring (bicyclic) bond motifs is 1. The topological polar surface area (TPSA) is 134 Å². The smallest absolute Gasteiger partial charge is 0.256 e. The Bertz CT molecular complexity index is 1360. The number of carbonyl (C=O) groups is 1. The second kappa shape index (κ2) is 8.68. The standard InChI is InChI=1S/C24H22N8O/c25-14-15-8-10-28-19(13-15)30-24(33)17-6-4-16(5-7-17)20-21-22(26)29-11-12-32(21)23(31-20)18-3-1-2-9-27-18/h4-8,10-13,18,27H,1-3,9H2,(H2,26,29)(H,28,30,33). The van der Waals surface area contributed by atoms with Crippen LogP contribution in [-0.4, -0.2) is 31.8 Å². The third-order valence-corrected chi connectivity index (χ3v) is 5.78. The summed E-state index contributed by atoms with van der Waals surface area (Å²) >= 11 is 0. The number of imidazole rings is 1. The summed E-state index contributed by atoms with van der Waals surface area (Å²) in [5, 5.41) is 15.3. The molecule has 1 aliphatic rings. The molecule has 1 aromatic carbocycles. The molecule has 5 rings (SSSR count). The Morgan fingerprint density at radius 2 is 2.03 bits per heavy atom. The molecule has 0 bridgehead atoms. The zero-order valence-electron chi connectivity index (χ0n) is 17.8. The number of nitrogens with one attached hydrogen (secondary N) is 2. The van der Waals surface area contributed by atoms with Gasteiger partial charge < -0.3 is 16.4 Å². The molecule has 1 amide bonds. The zero-order valence-corrected chi connectivity index (χ0v) is 17.8. The van der Waals surface area contributed by atoms with E-state index < -0.39 is 0 Å². The highest BCUT2D eigenvalue weighted by Crippen LogP contribution is 2.32. The molecular weight excluding hydrogens is 416 g/mol. The third kappa shape index (κ3) is 4.00. The van der Waals surface area contributed by atoms with Gasteiger partial charge in [-0.05, 0) is 43.7 Å². The van der Waals surface area contributed by atoms with Gasteiger partial charge in [-0.1, -0.05) is 18.6 Å². The lowest BCUT2D eigenvalue weighted by Gasteiger charge is -2.22. The van der Waals surface area contributed by atoms with Crippen molar-refractivity contribution in [2.75, 3.05) is 17.6 Å². The Kier molecular flexibility index (Phi) is 5.42. The summed E-state index contributed by atoms with van der Waals surface area (Å²) in [4.78, 5) is 25.9. The Balaban J connectivity index is 1.46. The summed E-state index contributed by atoms with van der Waals surface area (Å²) in [6.45, 7) is 0.964. The average molecular weight is 438 g/mol. The number of pyridine rings is 1. The number of carbonyl (C=O) groups excluding carboxylic acids is 1. The van der Waals surface area contributed by atoms with Crippen LogP contribution in [0, 0.1) is 11.3 Å². The van der Waals surface area contributed by atoms with Crippen molar-refractivity contribution in [1.29, 1.82) is 5.26 Å². The molecule has 1 atom stereocenters. The van der Waals surface area contributed by atoms with Crippen LogP contribution in [0.2, 0.25) is 0 Å². The van der Waals surface area contributed by atoms with E-state index in [0.717, 1.165) is 48.4 Å². The Hall–Kier alpha value is -4.29. The first-order chi connectivity index (χ1) is 16.1. The lowest BCUT2D eigenvalue weighted by atomic mass is 10.0. The highest BCUT2D eigenvalue weighted by atomic mass is 16.1. The van der Waals surface area contributed by atoms with Crippen LogP contribution in [-0.2, 0) is 0 Å². The molecule has 3 aromatic heterocycles. The maximum Gasteiger partial charge on any atom is 0.256 e. The molecule has 4 heterocycles. The van der Waals surface area contributed by atoms with Gasteiger partial charge in [0.2, 0.25) is 0 Å². The van der Waals surface area contributed by atoms with Crippen molar-refractivity contribution in [3.63, 3.8) is 0 Å². The van der Waals surface area contributed by atoms with Crippen molar-refractivity contribution in [2.45, 2.75) is 25.3 Å². The fourth-order valence-corrected chi connectivity index (χ4v) is 4.14. The van der Waals surface area contributed by atoms with E-state index in [1.807, 2.05) is 28.8 Å². The molecule has 0 saturated carbocycles. The number of nitrogen functional groups attached to an aromatic ring is 1. The summed E-state index contributed by atoms with van der Waals surface area (Å²) in [5.41, 5.74) is 9.47. The van der Waals surface area contributed by atoms with Gasteiger partial charge in [0.05, 0.1) is 17.7 Å². The number of piperidine rings is 1. The van der Waals surface area contributed by atoms with Crippen LogP contribution in [0.15, 0.2) is 55.0 Å². The lowest BCUT2D eigenvalue weighted by molar-refractivity contribution is 0.102. The number of nitriles is 1. The van der Waals surface area contributed by atoms with Gasteiger partial charge in [-0.15, -0.1) is 0 Å². The maximum absolute atomic E-state index is 12.6. The van der Waals surface area contributed by atoms with Gasteiger partial charge in [0, 0.05) is 29.7 Å². The highest BCUT2D eigenvalue weighted by molar-refractivity contribution is 6.04. The molecular formula is C24H22N8O. The minimum absolute atomic E-state index is 0.156. The van der Waals surface area contributed by atoms with E-state index in [0.29, 0.717) is 22.8 Å². The van der Waals surface area contributed by atoms with Crippen LogP contribution in [0.4, 0.5) is 11.6 Å². The van der Waals surface area contributed by atoms with Gasteiger partial charge in [0.25, 0.3) is 5.91 Å². The second-order valence-corrected chi connectivity index (χ2v) is 7.93. The predicted molar refractivity (Wildman–Crippen MR) is 124 cm³/mol. The fourth-order valence-electron chi connectivity index (χ4n) is 4.14. The SMILES string of the molecule is N#Cc1ccnc(NC(=O)c2ccc(-c3nc(C4CCCCN4)n4ccnc(N)c34)cc2)c1. The summed E-state index contributed by atoms with van der Waals surface area (Å²) in [6, 6.07) is 12.5. The van der Waals surface area contributed by atoms with E-state index in [9.17, 15) is 4.79 Å². The van der Waals surface area contributed by atoms with E-state index in [2.05, 4.69) is 20.6 Å². The number of nitrogens with two attached hydrogens (primary N) is 1. The minimum Gasteiger partial charge on any atom is -0.382 e. The number of benzene rings is 1. The molecule has 9 heteroatoms.